The molecule has 0 saturated carbocycles. The number of methoxy groups -OCH3 is 2. The summed E-state index contributed by atoms with van der Waals surface area (Å²) in [5.74, 6) is 0.672. The van der Waals surface area contributed by atoms with Gasteiger partial charge in [0.05, 0.1) is 14.2 Å². The second kappa shape index (κ2) is 12.1. The third-order valence-electron chi connectivity index (χ3n) is 6.04. The number of ether oxygens (including phenoxy) is 2. The normalized spacial score (nSPS) is 14.6. The van der Waals surface area contributed by atoms with Crippen molar-refractivity contribution in [3.05, 3.63) is 53.6 Å². The monoisotopic (exact) mass is 482 g/mol. The molecule has 1 atom stereocenters. The molecule has 1 aliphatic heterocycles. The minimum Gasteiger partial charge on any atom is -0.497 e. The fourth-order valence-electron chi connectivity index (χ4n) is 4.06. The highest BCUT2D eigenvalue weighted by Crippen LogP contribution is 2.26. The SMILES string of the molecule is COc1ccc(C[C@H](NC(C)=O)C(=O)NC2CCN(C(=O)Nc3ccc(C)cc3)CC2)c(OC)c1. The van der Waals surface area contributed by atoms with Crippen molar-refractivity contribution in [3.8, 4) is 11.5 Å². The number of nitrogens with zero attached hydrogens (tertiary/aromatic N) is 1. The molecular weight excluding hydrogens is 448 g/mol. The van der Waals surface area contributed by atoms with Crippen molar-refractivity contribution in [1.82, 2.24) is 15.5 Å². The maximum Gasteiger partial charge on any atom is 0.321 e. The summed E-state index contributed by atoms with van der Waals surface area (Å²) in [6, 6.07) is 12.0. The molecule has 1 fully saturated rings. The van der Waals surface area contributed by atoms with Gasteiger partial charge in [-0.15, -0.1) is 0 Å². The highest BCUT2D eigenvalue weighted by Gasteiger charge is 2.28. The lowest BCUT2D eigenvalue weighted by Crippen LogP contribution is -2.53. The molecule has 1 saturated heterocycles. The summed E-state index contributed by atoms with van der Waals surface area (Å²) in [6.07, 6.45) is 1.54. The number of aryl methyl sites for hydroxylation is 1. The standard InChI is InChI=1S/C26H34N4O5/c1-17-5-8-20(9-6-17)29-26(33)30-13-11-21(12-14-30)28-25(32)23(27-18(2)31)15-19-7-10-22(34-3)16-24(19)35-4/h5-10,16,21,23H,11-15H2,1-4H3,(H,27,31)(H,28,32)(H,29,33)/t23-/m0/s1. The van der Waals surface area contributed by atoms with E-state index in [0.29, 0.717) is 37.4 Å². The molecule has 0 bridgehead atoms. The Morgan fingerprint density at radius 3 is 2.31 bits per heavy atom. The maximum atomic E-state index is 13.1. The van der Waals surface area contributed by atoms with Crippen molar-refractivity contribution >= 4 is 23.5 Å². The summed E-state index contributed by atoms with van der Waals surface area (Å²) in [6.45, 7) is 4.44. The van der Waals surface area contributed by atoms with Gasteiger partial charge in [0.2, 0.25) is 11.8 Å². The van der Waals surface area contributed by atoms with Crippen molar-refractivity contribution in [2.45, 2.75) is 45.2 Å². The van der Waals surface area contributed by atoms with Gasteiger partial charge >= 0.3 is 6.03 Å². The third-order valence-corrected chi connectivity index (χ3v) is 6.04. The molecular formula is C26H34N4O5. The van der Waals surface area contributed by atoms with Crippen LogP contribution in [0.2, 0.25) is 0 Å². The molecule has 0 aromatic heterocycles. The first kappa shape index (κ1) is 25.9. The Morgan fingerprint density at radius 1 is 1.03 bits per heavy atom. The van der Waals surface area contributed by atoms with Crippen LogP contribution in [0.4, 0.5) is 10.5 Å². The average molecular weight is 483 g/mol. The van der Waals surface area contributed by atoms with E-state index in [1.165, 1.54) is 6.92 Å². The summed E-state index contributed by atoms with van der Waals surface area (Å²) in [4.78, 5) is 39.2. The largest absolute Gasteiger partial charge is 0.497 e. The summed E-state index contributed by atoms with van der Waals surface area (Å²) < 4.78 is 10.7. The Kier molecular flexibility index (Phi) is 8.94. The van der Waals surface area contributed by atoms with Gasteiger partial charge < -0.3 is 30.3 Å². The Hall–Kier alpha value is -3.75. The van der Waals surface area contributed by atoms with Crippen LogP contribution in [-0.2, 0) is 16.0 Å². The van der Waals surface area contributed by atoms with Crippen LogP contribution in [0.1, 0.15) is 30.9 Å². The highest BCUT2D eigenvalue weighted by atomic mass is 16.5. The van der Waals surface area contributed by atoms with Crippen molar-refractivity contribution < 1.29 is 23.9 Å². The lowest BCUT2D eigenvalue weighted by molar-refractivity contribution is -0.128. The van der Waals surface area contributed by atoms with E-state index in [-0.39, 0.29) is 30.3 Å². The summed E-state index contributed by atoms with van der Waals surface area (Å²) in [5.41, 5.74) is 2.66. The maximum absolute atomic E-state index is 13.1. The van der Waals surface area contributed by atoms with E-state index in [2.05, 4.69) is 16.0 Å². The van der Waals surface area contributed by atoms with Crippen LogP contribution in [0, 0.1) is 6.92 Å². The van der Waals surface area contributed by atoms with Crippen LogP contribution in [-0.4, -0.2) is 62.1 Å². The molecule has 1 heterocycles. The number of hydrogen-bond acceptors (Lipinski definition) is 5. The second-order valence-corrected chi connectivity index (χ2v) is 8.70. The van der Waals surface area contributed by atoms with Gasteiger partial charge in [-0.2, -0.15) is 0 Å². The number of amides is 4. The van der Waals surface area contributed by atoms with E-state index < -0.39 is 6.04 Å². The number of carbonyl (C=O) groups excluding carboxylic acids is 3. The van der Waals surface area contributed by atoms with Crippen LogP contribution in [0.5, 0.6) is 11.5 Å². The van der Waals surface area contributed by atoms with Gasteiger partial charge in [-0.3, -0.25) is 9.59 Å². The summed E-state index contributed by atoms with van der Waals surface area (Å²) in [7, 11) is 3.12. The van der Waals surface area contributed by atoms with Crippen LogP contribution in [0.25, 0.3) is 0 Å². The zero-order chi connectivity index (χ0) is 25.4. The Labute approximate surface area is 206 Å². The number of piperidine rings is 1. The van der Waals surface area contributed by atoms with Crippen LogP contribution in [0.15, 0.2) is 42.5 Å². The first-order valence-electron chi connectivity index (χ1n) is 11.7. The number of nitrogens with one attached hydrogen (secondary N) is 3. The van der Waals surface area contributed by atoms with Crippen LogP contribution < -0.4 is 25.4 Å². The number of rotatable bonds is 8. The van der Waals surface area contributed by atoms with Gasteiger partial charge in [-0.1, -0.05) is 23.8 Å². The quantitative estimate of drug-likeness (QED) is 0.536. The molecule has 4 amide bonds. The molecule has 1 aliphatic rings. The van der Waals surface area contributed by atoms with Crippen molar-refractivity contribution in [3.63, 3.8) is 0 Å². The van der Waals surface area contributed by atoms with Gasteiger partial charge in [0, 0.05) is 44.2 Å². The fourth-order valence-corrected chi connectivity index (χ4v) is 4.06. The minimum absolute atomic E-state index is 0.0834. The van der Waals surface area contributed by atoms with Gasteiger partial charge in [-0.25, -0.2) is 4.79 Å². The number of benzene rings is 2. The first-order chi connectivity index (χ1) is 16.8. The molecule has 2 aromatic carbocycles. The number of urea groups is 1. The Morgan fingerprint density at radius 2 is 1.71 bits per heavy atom. The van der Waals surface area contributed by atoms with Crippen LogP contribution in [0.3, 0.4) is 0 Å². The molecule has 35 heavy (non-hydrogen) atoms. The second-order valence-electron chi connectivity index (χ2n) is 8.70. The minimum atomic E-state index is -0.752. The van der Waals surface area contributed by atoms with Gasteiger partial charge in [0.25, 0.3) is 0 Å². The van der Waals surface area contributed by atoms with Gasteiger partial charge in [0.1, 0.15) is 17.5 Å². The lowest BCUT2D eigenvalue weighted by Gasteiger charge is -2.33. The topological polar surface area (TPSA) is 109 Å². The molecule has 0 spiro atoms. The molecule has 188 valence electrons. The van der Waals surface area contributed by atoms with Gasteiger partial charge in [0.15, 0.2) is 0 Å². The van der Waals surface area contributed by atoms with Crippen molar-refractivity contribution in [1.29, 1.82) is 0 Å². The third kappa shape index (κ3) is 7.37. The lowest BCUT2D eigenvalue weighted by atomic mass is 10.0. The molecule has 3 N–H and O–H groups in total. The van der Waals surface area contributed by atoms with E-state index in [1.54, 1.807) is 31.3 Å². The van der Waals surface area contributed by atoms with E-state index in [4.69, 9.17) is 9.47 Å². The number of carbonyl (C=O) groups is 3. The predicted octanol–water partition coefficient (Wildman–Crippen LogP) is 2.87. The van der Waals surface area contributed by atoms with E-state index in [0.717, 1.165) is 16.8 Å². The van der Waals surface area contributed by atoms with Crippen LogP contribution >= 0.6 is 0 Å². The van der Waals surface area contributed by atoms with Crippen molar-refractivity contribution in [2.75, 3.05) is 32.6 Å². The van der Waals surface area contributed by atoms with E-state index in [1.807, 2.05) is 37.3 Å². The average Bonchev–Trinajstić information content (AvgIpc) is 2.85. The molecule has 0 radical (unpaired) electrons. The summed E-state index contributed by atoms with van der Waals surface area (Å²) in [5, 5.41) is 8.70. The highest BCUT2D eigenvalue weighted by molar-refractivity contribution is 5.89. The predicted molar refractivity (Wildman–Crippen MR) is 134 cm³/mol. The van der Waals surface area contributed by atoms with E-state index >= 15 is 0 Å². The zero-order valence-corrected chi connectivity index (χ0v) is 20.7. The molecule has 2 aromatic rings. The van der Waals surface area contributed by atoms with Crippen molar-refractivity contribution in [2.24, 2.45) is 0 Å². The Balaban J connectivity index is 1.56. The molecule has 9 nitrogen and oxygen atoms in total. The zero-order valence-electron chi connectivity index (χ0n) is 20.7. The van der Waals surface area contributed by atoms with Gasteiger partial charge in [-0.05, 0) is 43.5 Å². The molecule has 0 unspecified atom stereocenters. The smallest absolute Gasteiger partial charge is 0.321 e. The molecule has 3 rings (SSSR count). The Bertz CT molecular complexity index is 1030. The summed E-state index contributed by atoms with van der Waals surface area (Å²) >= 11 is 0. The number of hydrogen-bond donors (Lipinski definition) is 3. The number of likely N-dealkylation sites (tertiary alicyclic amines) is 1. The first-order valence-corrected chi connectivity index (χ1v) is 11.7. The number of anilines is 1. The van der Waals surface area contributed by atoms with E-state index in [9.17, 15) is 14.4 Å². The fraction of sp³-hybridized carbons (Fsp3) is 0.423. The molecule has 0 aliphatic carbocycles. The molecule has 9 heteroatoms.